The molecule has 1 atom stereocenters. The van der Waals surface area contributed by atoms with Crippen LogP contribution in [0.25, 0.3) is 0 Å². The number of rotatable bonds is 4. The molecule has 5 nitrogen and oxygen atoms in total. The molecule has 2 aromatic carbocycles. The molecule has 1 N–H and O–H groups in total. The number of hydrogen-bond acceptors (Lipinski definition) is 3. The number of ether oxygens (including phenoxy) is 1. The van der Waals surface area contributed by atoms with Gasteiger partial charge in [0.1, 0.15) is 6.10 Å². The number of carbonyl (C=O) groups is 1. The van der Waals surface area contributed by atoms with Gasteiger partial charge in [0.05, 0.1) is 18.8 Å². The molecular weight excluding hydrogens is 362 g/mol. The molecule has 27 heavy (non-hydrogen) atoms. The lowest BCUT2D eigenvalue weighted by atomic mass is 10.1. The van der Waals surface area contributed by atoms with E-state index in [1.165, 1.54) is 5.56 Å². The zero-order valence-corrected chi connectivity index (χ0v) is 15.7. The molecule has 1 aromatic heterocycles. The molecule has 0 radical (unpaired) electrons. The molecule has 0 bridgehead atoms. The first-order valence-corrected chi connectivity index (χ1v) is 9.24. The van der Waals surface area contributed by atoms with E-state index in [1.807, 2.05) is 60.1 Å². The molecule has 6 heteroatoms. The van der Waals surface area contributed by atoms with Crippen LogP contribution in [0, 0.1) is 6.92 Å². The second-order valence-electron chi connectivity index (χ2n) is 6.72. The van der Waals surface area contributed by atoms with Crippen LogP contribution in [0.15, 0.2) is 54.6 Å². The number of fused-ring (bicyclic) bond motifs is 1. The summed E-state index contributed by atoms with van der Waals surface area (Å²) in [6.07, 6.45) is -0.0989. The summed E-state index contributed by atoms with van der Waals surface area (Å²) in [5.74, 6) is -0.180. The van der Waals surface area contributed by atoms with E-state index in [1.54, 1.807) is 6.07 Å². The second kappa shape index (κ2) is 7.55. The quantitative estimate of drug-likeness (QED) is 0.741. The Balaban J connectivity index is 1.42. The van der Waals surface area contributed by atoms with Gasteiger partial charge >= 0.3 is 0 Å². The van der Waals surface area contributed by atoms with Gasteiger partial charge in [-0.05, 0) is 36.2 Å². The number of aromatic nitrogens is 2. The van der Waals surface area contributed by atoms with Gasteiger partial charge in [0.25, 0.3) is 5.91 Å². The van der Waals surface area contributed by atoms with E-state index in [9.17, 15) is 4.79 Å². The summed E-state index contributed by atoms with van der Waals surface area (Å²) in [6.45, 7) is 3.51. The summed E-state index contributed by atoms with van der Waals surface area (Å²) in [7, 11) is 0. The third-order valence-corrected chi connectivity index (χ3v) is 4.93. The predicted molar refractivity (Wildman–Crippen MR) is 104 cm³/mol. The highest BCUT2D eigenvalue weighted by atomic mass is 35.5. The minimum absolute atomic E-state index is 0.0989. The van der Waals surface area contributed by atoms with Gasteiger partial charge in [-0.2, -0.15) is 5.10 Å². The van der Waals surface area contributed by atoms with Gasteiger partial charge in [0, 0.05) is 11.6 Å². The maximum Gasteiger partial charge on any atom is 0.272 e. The maximum atomic E-state index is 12.4. The van der Waals surface area contributed by atoms with Gasteiger partial charge in [-0.1, -0.05) is 53.6 Å². The molecule has 1 aliphatic rings. The topological polar surface area (TPSA) is 56.2 Å². The average molecular weight is 382 g/mol. The molecule has 3 aromatic rings. The van der Waals surface area contributed by atoms with Crippen molar-refractivity contribution in [2.75, 3.05) is 0 Å². The Bertz CT molecular complexity index is 949. The monoisotopic (exact) mass is 381 g/mol. The second-order valence-corrected chi connectivity index (χ2v) is 7.16. The first-order valence-electron chi connectivity index (χ1n) is 8.86. The van der Waals surface area contributed by atoms with Crippen molar-refractivity contribution in [1.82, 2.24) is 15.1 Å². The number of halogens is 1. The van der Waals surface area contributed by atoms with Crippen molar-refractivity contribution in [2.45, 2.75) is 32.7 Å². The fraction of sp³-hybridized carbons (Fsp3) is 0.238. The first kappa shape index (κ1) is 17.8. The molecule has 0 saturated heterocycles. The van der Waals surface area contributed by atoms with Gasteiger partial charge in [-0.3, -0.25) is 9.48 Å². The molecule has 1 amide bonds. The van der Waals surface area contributed by atoms with Gasteiger partial charge in [-0.15, -0.1) is 0 Å². The zero-order valence-electron chi connectivity index (χ0n) is 15.0. The number of nitrogens with one attached hydrogen (secondary N) is 1. The van der Waals surface area contributed by atoms with Crippen molar-refractivity contribution >= 4 is 17.5 Å². The van der Waals surface area contributed by atoms with Crippen LogP contribution in [-0.2, 0) is 24.4 Å². The standard InChI is InChI=1S/C21H20ClN3O2/c1-14-2-4-15(5-3-14)11-23-21(26)19-10-18-13-27-20(12-25(18)24-19)16-6-8-17(22)9-7-16/h2-10,20H,11-13H2,1H3,(H,23,26)/t20-/m1/s1. The van der Waals surface area contributed by atoms with Crippen molar-refractivity contribution in [3.05, 3.63) is 87.7 Å². The third-order valence-electron chi connectivity index (χ3n) is 4.68. The smallest absolute Gasteiger partial charge is 0.272 e. The maximum absolute atomic E-state index is 12.4. The van der Waals surface area contributed by atoms with E-state index in [0.29, 0.717) is 30.4 Å². The molecule has 1 aliphatic heterocycles. The minimum Gasteiger partial charge on any atom is -0.365 e. The Morgan fingerprint density at radius 1 is 1.22 bits per heavy atom. The van der Waals surface area contributed by atoms with Crippen molar-refractivity contribution in [1.29, 1.82) is 0 Å². The molecule has 0 spiro atoms. The Labute approximate surface area is 162 Å². The Kier molecular flexibility index (Phi) is 4.97. The van der Waals surface area contributed by atoms with Crippen LogP contribution >= 0.6 is 11.6 Å². The van der Waals surface area contributed by atoms with Crippen LogP contribution in [-0.4, -0.2) is 15.7 Å². The largest absolute Gasteiger partial charge is 0.365 e. The molecule has 138 valence electrons. The Morgan fingerprint density at radius 2 is 1.96 bits per heavy atom. The molecule has 4 rings (SSSR count). The number of aryl methyl sites for hydroxylation is 1. The molecule has 0 fully saturated rings. The van der Waals surface area contributed by atoms with Crippen LogP contribution < -0.4 is 5.32 Å². The van der Waals surface area contributed by atoms with Crippen LogP contribution in [0.2, 0.25) is 5.02 Å². The summed E-state index contributed by atoms with van der Waals surface area (Å²) >= 11 is 5.95. The van der Waals surface area contributed by atoms with E-state index in [2.05, 4.69) is 10.4 Å². The first-order chi connectivity index (χ1) is 13.1. The van der Waals surface area contributed by atoms with Crippen molar-refractivity contribution in [3.8, 4) is 0 Å². The number of amides is 1. The molecule has 0 unspecified atom stereocenters. The SMILES string of the molecule is Cc1ccc(CNC(=O)c2cc3n(n2)C[C@H](c2ccc(Cl)cc2)OC3)cc1. The van der Waals surface area contributed by atoms with E-state index in [0.717, 1.165) is 16.8 Å². The lowest BCUT2D eigenvalue weighted by Gasteiger charge is -2.24. The molecule has 0 aliphatic carbocycles. The normalized spacial score (nSPS) is 16.0. The number of carbonyl (C=O) groups excluding carboxylic acids is 1. The number of nitrogens with zero attached hydrogens (tertiary/aromatic N) is 2. The summed E-state index contributed by atoms with van der Waals surface area (Å²) in [5.41, 5.74) is 4.62. The number of benzene rings is 2. The van der Waals surface area contributed by atoms with Crippen molar-refractivity contribution < 1.29 is 9.53 Å². The van der Waals surface area contributed by atoms with Gasteiger partial charge in [0.2, 0.25) is 0 Å². The fourth-order valence-corrected chi connectivity index (χ4v) is 3.22. The van der Waals surface area contributed by atoms with E-state index < -0.39 is 0 Å². The molecule has 2 heterocycles. The average Bonchev–Trinajstić information content (AvgIpc) is 3.11. The highest BCUT2D eigenvalue weighted by Gasteiger charge is 2.24. The Morgan fingerprint density at radius 3 is 2.70 bits per heavy atom. The summed E-state index contributed by atoms with van der Waals surface area (Å²) in [4.78, 5) is 12.4. The Hall–Kier alpha value is -2.63. The van der Waals surface area contributed by atoms with Crippen LogP contribution in [0.5, 0.6) is 0 Å². The highest BCUT2D eigenvalue weighted by Crippen LogP contribution is 2.27. The van der Waals surface area contributed by atoms with Gasteiger partial charge in [-0.25, -0.2) is 0 Å². The van der Waals surface area contributed by atoms with Crippen LogP contribution in [0.3, 0.4) is 0 Å². The lowest BCUT2D eigenvalue weighted by Crippen LogP contribution is -2.24. The zero-order chi connectivity index (χ0) is 18.8. The van der Waals surface area contributed by atoms with Crippen molar-refractivity contribution in [3.63, 3.8) is 0 Å². The fourth-order valence-electron chi connectivity index (χ4n) is 3.09. The van der Waals surface area contributed by atoms with Gasteiger partial charge < -0.3 is 10.1 Å². The lowest BCUT2D eigenvalue weighted by molar-refractivity contribution is -0.00119. The minimum atomic E-state index is -0.180. The third kappa shape index (κ3) is 4.04. The summed E-state index contributed by atoms with van der Waals surface area (Å²) in [6, 6.07) is 17.5. The van der Waals surface area contributed by atoms with Gasteiger partial charge in [0.15, 0.2) is 5.69 Å². The van der Waals surface area contributed by atoms with Crippen LogP contribution in [0.4, 0.5) is 0 Å². The summed E-state index contributed by atoms with van der Waals surface area (Å²) < 4.78 is 7.78. The number of hydrogen-bond donors (Lipinski definition) is 1. The van der Waals surface area contributed by atoms with Crippen LogP contribution in [0.1, 0.15) is 39.0 Å². The van der Waals surface area contributed by atoms with E-state index in [4.69, 9.17) is 16.3 Å². The van der Waals surface area contributed by atoms with Crippen molar-refractivity contribution in [2.24, 2.45) is 0 Å². The predicted octanol–water partition coefficient (Wildman–Crippen LogP) is 4.05. The van der Waals surface area contributed by atoms with E-state index in [-0.39, 0.29) is 12.0 Å². The van der Waals surface area contributed by atoms with E-state index >= 15 is 0 Å². The highest BCUT2D eigenvalue weighted by molar-refractivity contribution is 6.30. The molecular formula is C21H20ClN3O2. The summed E-state index contributed by atoms with van der Waals surface area (Å²) in [5, 5.41) is 8.09. The molecule has 0 saturated carbocycles.